The molecular formula is C14H16Cl2N2O2S. The van der Waals surface area contributed by atoms with Crippen LogP contribution in [-0.4, -0.2) is 34.9 Å². The van der Waals surface area contributed by atoms with Crippen LogP contribution in [0.1, 0.15) is 24.9 Å². The third kappa shape index (κ3) is 4.53. The summed E-state index contributed by atoms with van der Waals surface area (Å²) in [7, 11) is 0. The summed E-state index contributed by atoms with van der Waals surface area (Å²) in [6.45, 7) is 3.04. The Morgan fingerprint density at radius 2 is 2.24 bits per heavy atom. The highest BCUT2D eigenvalue weighted by Gasteiger charge is 2.21. The van der Waals surface area contributed by atoms with E-state index in [2.05, 4.69) is 5.32 Å². The van der Waals surface area contributed by atoms with Gasteiger partial charge >= 0.3 is 0 Å². The number of benzene rings is 1. The molecule has 21 heavy (non-hydrogen) atoms. The number of halogens is 2. The molecule has 1 aromatic carbocycles. The van der Waals surface area contributed by atoms with Gasteiger partial charge in [0.05, 0.1) is 6.04 Å². The van der Waals surface area contributed by atoms with E-state index in [0.717, 1.165) is 17.9 Å². The van der Waals surface area contributed by atoms with Crippen molar-refractivity contribution in [3.05, 3.63) is 33.8 Å². The first-order valence-electron chi connectivity index (χ1n) is 6.63. The molecule has 0 bridgehead atoms. The Kier molecular flexibility index (Phi) is 5.79. The number of thioether (sulfide) groups is 1. The van der Waals surface area contributed by atoms with E-state index in [1.165, 1.54) is 11.8 Å². The lowest BCUT2D eigenvalue weighted by atomic mass is 10.1. The van der Waals surface area contributed by atoms with Crippen molar-refractivity contribution in [3.63, 3.8) is 0 Å². The highest BCUT2D eigenvalue weighted by molar-refractivity contribution is 8.13. The number of hydrogen-bond donors (Lipinski definition) is 1. The molecule has 1 heterocycles. The average molecular weight is 347 g/mol. The Morgan fingerprint density at radius 3 is 2.86 bits per heavy atom. The van der Waals surface area contributed by atoms with Crippen LogP contribution in [0.3, 0.4) is 0 Å². The summed E-state index contributed by atoms with van der Waals surface area (Å²) in [5.41, 5.74) is 0.822. The van der Waals surface area contributed by atoms with Gasteiger partial charge in [0, 0.05) is 35.3 Å². The fraction of sp³-hybridized carbons (Fsp3) is 0.429. The van der Waals surface area contributed by atoms with Gasteiger partial charge in [-0.1, -0.05) is 41.0 Å². The molecule has 1 saturated heterocycles. The summed E-state index contributed by atoms with van der Waals surface area (Å²) in [5.74, 6) is 0.704. The summed E-state index contributed by atoms with van der Waals surface area (Å²) in [4.78, 5) is 25.1. The van der Waals surface area contributed by atoms with E-state index in [4.69, 9.17) is 23.2 Å². The Balaban J connectivity index is 1.85. The Labute approximate surface area is 138 Å². The quantitative estimate of drug-likeness (QED) is 0.883. The van der Waals surface area contributed by atoms with Crippen LogP contribution in [-0.2, 0) is 4.79 Å². The minimum absolute atomic E-state index is 0.0524. The van der Waals surface area contributed by atoms with Gasteiger partial charge in [-0.05, 0) is 24.6 Å². The zero-order valence-corrected chi connectivity index (χ0v) is 13.9. The van der Waals surface area contributed by atoms with E-state index >= 15 is 0 Å². The molecule has 1 fully saturated rings. The number of carbonyl (C=O) groups excluding carboxylic acids is 2. The van der Waals surface area contributed by atoms with Crippen molar-refractivity contribution >= 4 is 46.1 Å². The molecule has 1 aliphatic rings. The minimum Gasteiger partial charge on any atom is -0.349 e. The zero-order valence-electron chi connectivity index (χ0n) is 11.6. The second-order valence-corrected chi connectivity index (χ2v) is 6.70. The summed E-state index contributed by atoms with van der Waals surface area (Å²) in [6, 6.07) is 4.99. The summed E-state index contributed by atoms with van der Waals surface area (Å²) in [5, 5.41) is 4.03. The highest BCUT2D eigenvalue weighted by atomic mass is 35.5. The molecule has 0 aliphatic carbocycles. The highest BCUT2D eigenvalue weighted by Crippen LogP contribution is 2.26. The average Bonchev–Trinajstić information content (AvgIpc) is 2.81. The summed E-state index contributed by atoms with van der Waals surface area (Å²) in [6.07, 6.45) is 0.294. The first kappa shape index (κ1) is 16.5. The third-order valence-electron chi connectivity index (χ3n) is 3.26. The van der Waals surface area contributed by atoms with Crippen molar-refractivity contribution in [3.8, 4) is 0 Å². The lowest BCUT2D eigenvalue weighted by Crippen LogP contribution is -2.32. The second-order valence-electron chi connectivity index (χ2n) is 4.81. The van der Waals surface area contributed by atoms with Gasteiger partial charge < -0.3 is 10.2 Å². The SMILES string of the molecule is CC(NC(=O)CCN1CCSC1=O)c1ccc(Cl)cc1Cl. The van der Waals surface area contributed by atoms with Gasteiger partial charge in [-0.3, -0.25) is 9.59 Å². The fourth-order valence-electron chi connectivity index (χ4n) is 2.11. The van der Waals surface area contributed by atoms with Crippen molar-refractivity contribution in [2.24, 2.45) is 0 Å². The first-order valence-corrected chi connectivity index (χ1v) is 8.37. The minimum atomic E-state index is -0.203. The fourth-order valence-corrected chi connectivity index (χ4v) is 3.53. The van der Waals surface area contributed by atoms with Gasteiger partial charge in [-0.2, -0.15) is 0 Å². The van der Waals surface area contributed by atoms with E-state index in [0.29, 0.717) is 23.0 Å². The maximum Gasteiger partial charge on any atom is 0.281 e. The Bertz CT molecular complexity index is 554. The van der Waals surface area contributed by atoms with Crippen molar-refractivity contribution in [1.82, 2.24) is 10.2 Å². The van der Waals surface area contributed by atoms with Crippen molar-refractivity contribution < 1.29 is 9.59 Å². The van der Waals surface area contributed by atoms with Crippen molar-refractivity contribution in [2.75, 3.05) is 18.8 Å². The van der Waals surface area contributed by atoms with Crippen LogP contribution in [0.2, 0.25) is 10.0 Å². The van der Waals surface area contributed by atoms with Gasteiger partial charge in [0.1, 0.15) is 0 Å². The Morgan fingerprint density at radius 1 is 1.48 bits per heavy atom. The number of nitrogens with one attached hydrogen (secondary N) is 1. The molecule has 0 saturated carbocycles. The molecule has 2 rings (SSSR count). The second kappa shape index (κ2) is 7.38. The lowest BCUT2D eigenvalue weighted by molar-refractivity contribution is -0.121. The molecule has 0 spiro atoms. The monoisotopic (exact) mass is 346 g/mol. The van der Waals surface area contributed by atoms with Gasteiger partial charge in [0.25, 0.3) is 5.24 Å². The lowest BCUT2D eigenvalue weighted by Gasteiger charge is -2.18. The molecule has 114 valence electrons. The molecule has 4 nitrogen and oxygen atoms in total. The number of nitrogens with zero attached hydrogens (tertiary/aromatic N) is 1. The molecule has 1 unspecified atom stereocenters. The topological polar surface area (TPSA) is 49.4 Å². The molecule has 1 atom stereocenters. The molecule has 7 heteroatoms. The summed E-state index contributed by atoms with van der Waals surface area (Å²) >= 11 is 13.3. The van der Waals surface area contributed by atoms with Gasteiger partial charge in [0.2, 0.25) is 5.91 Å². The summed E-state index contributed by atoms with van der Waals surface area (Å²) < 4.78 is 0. The van der Waals surface area contributed by atoms with Crippen LogP contribution >= 0.6 is 35.0 Å². The van der Waals surface area contributed by atoms with Crippen LogP contribution < -0.4 is 5.32 Å². The van der Waals surface area contributed by atoms with Gasteiger partial charge in [-0.25, -0.2) is 0 Å². The van der Waals surface area contributed by atoms with Crippen molar-refractivity contribution in [1.29, 1.82) is 0 Å². The molecule has 1 aliphatic heterocycles. The number of carbonyl (C=O) groups is 2. The van der Waals surface area contributed by atoms with E-state index in [-0.39, 0.29) is 17.2 Å². The number of rotatable bonds is 5. The third-order valence-corrected chi connectivity index (χ3v) is 4.71. The van der Waals surface area contributed by atoms with Crippen LogP contribution in [0, 0.1) is 0 Å². The van der Waals surface area contributed by atoms with Gasteiger partial charge in [0.15, 0.2) is 0 Å². The van der Waals surface area contributed by atoms with Crippen LogP contribution in [0.4, 0.5) is 4.79 Å². The molecule has 0 radical (unpaired) electrons. The first-order chi connectivity index (χ1) is 9.97. The number of amides is 2. The van der Waals surface area contributed by atoms with Gasteiger partial charge in [-0.15, -0.1) is 0 Å². The van der Waals surface area contributed by atoms with E-state index in [9.17, 15) is 9.59 Å². The predicted molar refractivity (Wildman–Crippen MR) is 87.1 cm³/mol. The normalized spacial score (nSPS) is 16.1. The predicted octanol–water partition coefficient (Wildman–Crippen LogP) is 3.73. The van der Waals surface area contributed by atoms with Crippen molar-refractivity contribution in [2.45, 2.75) is 19.4 Å². The maximum atomic E-state index is 11.9. The Hall–Kier alpha value is -0.910. The molecule has 0 aromatic heterocycles. The molecule has 1 aromatic rings. The molecule has 1 N–H and O–H groups in total. The van der Waals surface area contributed by atoms with Crippen LogP contribution in [0.15, 0.2) is 18.2 Å². The smallest absolute Gasteiger partial charge is 0.281 e. The van der Waals surface area contributed by atoms with E-state index in [1.807, 2.05) is 6.92 Å². The molecule has 2 amide bonds. The van der Waals surface area contributed by atoms with E-state index in [1.54, 1.807) is 23.1 Å². The number of hydrogen-bond acceptors (Lipinski definition) is 3. The van der Waals surface area contributed by atoms with Crippen LogP contribution in [0.25, 0.3) is 0 Å². The maximum absolute atomic E-state index is 11.9. The standard InChI is InChI=1S/C14H16Cl2N2O2S/c1-9(11-3-2-10(15)8-12(11)16)17-13(19)4-5-18-6-7-21-14(18)20/h2-3,8-9H,4-7H2,1H3,(H,17,19). The van der Waals surface area contributed by atoms with E-state index < -0.39 is 0 Å². The zero-order chi connectivity index (χ0) is 15.4. The largest absolute Gasteiger partial charge is 0.349 e. The van der Waals surface area contributed by atoms with Crippen LogP contribution in [0.5, 0.6) is 0 Å². The molecular weight excluding hydrogens is 331 g/mol.